The number of thiophene rings is 1. The van der Waals surface area contributed by atoms with Crippen LogP contribution in [0.1, 0.15) is 4.88 Å². The highest BCUT2D eigenvalue weighted by atomic mass is 32.2. The summed E-state index contributed by atoms with van der Waals surface area (Å²) in [5, 5.41) is 12.2. The molecule has 130 valence electrons. The molecule has 3 aromatic rings. The number of hydrogen-bond acceptors (Lipinski definition) is 6. The molecular formula is C15H14N4O4S2. The lowest BCUT2D eigenvalue weighted by Gasteiger charge is -2.09. The van der Waals surface area contributed by atoms with E-state index in [0.717, 1.165) is 11.3 Å². The topological polar surface area (TPSA) is 124 Å². The Hall–Kier alpha value is -2.56. The van der Waals surface area contributed by atoms with Gasteiger partial charge in [0.05, 0.1) is 18.3 Å². The minimum absolute atomic E-state index is 0.0461. The van der Waals surface area contributed by atoms with Crippen molar-refractivity contribution in [2.75, 3.05) is 0 Å². The summed E-state index contributed by atoms with van der Waals surface area (Å²) < 4.78 is 24.0. The Bertz CT molecular complexity index is 1100. The van der Waals surface area contributed by atoms with Gasteiger partial charge in [-0.1, -0.05) is 12.1 Å². The Morgan fingerprint density at radius 3 is 2.72 bits per heavy atom. The van der Waals surface area contributed by atoms with Crippen LogP contribution in [0.4, 0.5) is 0 Å². The summed E-state index contributed by atoms with van der Waals surface area (Å²) in [6.07, 6.45) is 1.17. The molecule has 0 radical (unpaired) electrons. The minimum atomic E-state index is -3.74. The van der Waals surface area contributed by atoms with E-state index in [1.807, 2.05) is 0 Å². The summed E-state index contributed by atoms with van der Waals surface area (Å²) in [5.74, 6) is -0.313. The van der Waals surface area contributed by atoms with Gasteiger partial charge in [-0.15, -0.1) is 11.3 Å². The zero-order valence-corrected chi connectivity index (χ0v) is 14.5. The molecule has 0 saturated carbocycles. The molecule has 1 amide bonds. The predicted octanol–water partition coefficient (Wildman–Crippen LogP) is 0.422. The zero-order chi connectivity index (χ0) is 18.0. The summed E-state index contributed by atoms with van der Waals surface area (Å²) in [4.78, 5) is 24.6. The highest BCUT2D eigenvalue weighted by Crippen LogP contribution is 2.19. The molecular weight excluding hydrogens is 364 g/mol. The standard InChI is InChI=1S/C15H14N4O4S2/c16-25(22,23)15-6-5-10(24-15)7-17-14(21)9-19-12-4-2-1-3-11(12)13(20)8-18-19/h1-6,8H,7,9H2,(H,17,21)(H2,16,22,23). The maximum absolute atomic E-state index is 12.1. The zero-order valence-electron chi connectivity index (χ0n) is 12.9. The van der Waals surface area contributed by atoms with Crippen molar-refractivity contribution < 1.29 is 13.2 Å². The first-order chi connectivity index (χ1) is 11.8. The van der Waals surface area contributed by atoms with E-state index >= 15 is 0 Å². The third-order valence-electron chi connectivity index (χ3n) is 3.43. The number of fused-ring (bicyclic) bond motifs is 1. The molecule has 10 heteroatoms. The third-order valence-corrected chi connectivity index (χ3v) is 5.96. The average molecular weight is 378 g/mol. The molecule has 3 rings (SSSR count). The van der Waals surface area contributed by atoms with Gasteiger partial charge in [-0.05, 0) is 24.3 Å². The number of primary sulfonamides is 1. The first-order valence-electron chi connectivity index (χ1n) is 7.18. The summed E-state index contributed by atoms with van der Waals surface area (Å²) in [6, 6.07) is 9.89. The smallest absolute Gasteiger partial charge is 0.247 e. The summed E-state index contributed by atoms with van der Waals surface area (Å²) in [5.41, 5.74) is 0.360. The monoisotopic (exact) mass is 378 g/mol. The maximum Gasteiger partial charge on any atom is 0.247 e. The van der Waals surface area contributed by atoms with Crippen LogP contribution in [0.2, 0.25) is 0 Å². The number of hydrogen-bond donors (Lipinski definition) is 2. The number of amides is 1. The van der Waals surface area contributed by atoms with Crippen molar-refractivity contribution in [2.24, 2.45) is 5.14 Å². The van der Waals surface area contributed by atoms with Crippen LogP contribution in [0.25, 0.3) is 10.9 Å². The van der Waals surface area contributed by atoms with Gasteiger partial charge in [-0.2, -0.15) is 5.10 Å². The molecule has 0 spiro atoms. The fraction of sp³-hybridized carbons (Fsp3) is 0.133. The first-order valence-corrected chi connectivity index (χ1v) is 9.54. The predicted molar refractivity (Wildman–Crippen MR) is 93.5 cm³/mol. The molecule has 0 aliphatic heterocycles. The largest absolute Gasteiger partial charge is 0.350 e. The molecule has 0 aliphatic carbocycles. The number of nitrogens with one attached hydrogen (secondary N) is 1. The molecule has 0 unspecified atom stereocenters. The molecule has 3 N–H and O–H groups in total. The van der Waals surface area contributed by atoms with E-state index in [0.29, 0.717) is 15.8 Å². The van der Waals surface area contributed by atoms with Crippen LogP contribution in [0.3, 0.4) is 0 Å². The molecule has 2 heterocycles. The lowest BCUT2D eigenvalue weighted by atomic mass is 10.2. The summed E-state index contributed by atoms with van der Waals surface area (Å²) >= 11 is 1.00. The number of rotatable bonds is 5. The Balaban J connectivity index is 1.70. The molecule has 0 bridgehead atoms. The third kappa shape index (κ3) is 3.92. The van der Waals surface area contributed by atoms with E-state index < -0.39 is 10.0 Å². The first kappa shape index (κ1) is 17.3. The van der Waals surface area contributed by atoms with Crippen LogP contribution in [0.15, 0.2) is 51.6 Å². The van der Waals surface area contributed by atoms with Crippen LogP contribution in [0, 0.1) is 0 Å². The van der Waals surface area contributed by atoms with Crippen LogP contribution in [-0.2, 0) is 27.9 Å². The van der Waals surface area contributed by atoms with Crippen LogP contribution >= 0.6 is 11.3 Å². The maximum atomic E-state index is 12.1. The molecule has 8 nitrogen and oxygen atoms in total. The second-order valence-electron chi connectivity index (χ2n) is 5.23. The number of nitrogens with zero attached hydrogens (tertiary/aromatic N) is 2. The van der Waals surface area contributed by atoms with Crippen molar-refractivity contribution in [1.82, 2.24) is 15.1 Å². The van der Waals surface area contributed by atoms with Gasteiger partial charge < -0.3 is 5.32 Å². The Morgan fingerprint density at radius 2 is 2.00 bits per heavy atom. The van der Waals surface area contributed by atoms with Crippen molar-refractivity contribution in [3.63, 3.8) is 0 Å². The van der Waals surface area contributed by atoms with E-state index in [9.17, 15) is 18.0 Å². The van der Waals surface area contributed by atoms with Crippen molar-refractivity contribution in [2.45, 2.75) is 17.3 Å². The number of benzene rings is 1. The van der Waals surface area contributed by atoms with Crippen molar-refractivity contribution in [3.05, 3.63) is 57.7 Å². The van der Waals surface area contributed by atoms with Gasteiger partial charge in [0, 0.05) is 10.3 Å². The molecule has 25 heavy (non-hydrogen) atoms. The summed E-state index contributed by atoms with van der Waals surface area (Å²) in [7, 11) is -3.74. The number of carbonyl (C=O) groups excluding carboxylic acids is 1. The van der Waals surface area contributed by atoms with Crippen LogP contribution in [0.5, 0.6) is 0 Å². The number of carbonyl (C=O) groups is 1. The van der Waals surface area contributed by atoms with E-state index in [1.165, 1.54) is 16.9 Å². The minimum Gasteiger partial charge on any atom is -0.350 e. The highest BCUT2D eigenvalue weighted by Gasteiger charge is 2.12. The van der Waals surface area contributed by atoms with E-state index in [2.05, 4.69) is 10.4 Å². The number of aromatic nitrogens is 2. The van der Waals surface area contributed by atoms with Gasteiger partial charge in [0.15, 0.2) is 0 Å². The van der Waals surface area contributed by atoms with Gasteiger partial charge in [-0.25, -0.2) is 13.6 Å². The lowest BCUT2D eigenvalue weighted by molar-refractivity contribution is -0.121. The molecule has 0 atom stereocenters. The molecule has 2 aromatic heterocycles. The molecule has 0 fully saturated rings. The average Bonchev–Trinajstić information content (AvgIpc) is 3.05. The Morgan fingerprint density at radius 1 is 1.24 bits per heavy atom. The van der Waals surface area contributed by atoms with E-state index in [-0.39, 0.29) is 28.6 Å². The fourth-order valence-corrected chi connectivity index (χ4v) is 3.99. The summed E-state index contributed by atoms with van der Waals surface area (Å²) in [6.45, 7) is 0.116. The van der Waals surface area contributed by atoms with Crippen LogP contribution in [-0.4, -0.2) is 24.1 Å². The number of sulfonamides is 1. The second-order valence-corrected chi connectivity index (χ2v) is 8.18. The molecule has 0 aliphatic rings. The second kappa shape index (κ2) is 6.75. The van der Waals surface area contributed by atoms with Crippen molar-refractivity contribution >= 4 is 38.2 Å². The van der Waals surface area contributed by atoms with Gasteiger partial charge in [0.25, 0.3) is 0 Å². The van der Waals surface area contributed by atoms with Crippen molar-refractivity contribution in [3.8, 4) is 0 Å². The van der Waals surface area contributed by atoms with E-state index in [4.69, 9.17) is 5.14 Å². The fourth-order valence-electron chi connectivity index (χ4n) is 2.27. The SMILES string of the molecule is NS(=O)(=O)c1ccc(CNC(=O)Cn2ncc(=O)c3ccccc32)s1. The van der Waals surface area contributed by atoms with Gasteiger partial charge in [0.1, 0.15) is 10.8 Å². The van der Waals surface area contributed by atoms with Crippen molar-refractivity contribution in [1.29, 1.82) is 0 Å². The van der Waals surface area contributed by atoms with Gasteiger partial charge in [0.2, 0.25) is 21.4 Å². The Labute approximate surface area is 146 Å². The van der Waals surface area contributed by atoms with Gasteiger partial charge >= 0.3 is 0 Å². The highest BCUT2D eigenvalue weighted by molar-refractivity contribution is 7.91. The lowest BCUT2D eigenvalue weighted by Crippen LogP contribution is -2.28. The quantitative estimate of drug-likeness (QED) is 0.666. The molecule has 0 saturated heterocycles. The van der Waals surface area contributed by atoms with Crippen LogP contribution < -0.4 is 15.9 Å². The van der Waals surface area contributed by atoms with E-state index in [1.54, 1.807) is 30.3 Å². The molecule has 1 aromatic carbocycles. The number of nitrogens with two attached hydrogens (primary N) is 1. The Kier molecular flexibility index (Phi) is 4.66. The normalized spacial score (nSPS) is 11.6. The van der Waals surface area contributed by atoms with Gasteiger partial charge in [-0.3, -0.25) is 14.3 Å². The number of para-hydroxylation sites is 1.